The summed E-state index contributed by atoms with van der Waals surface area (Å²) in [5, 5.41) is 13.9. The van der Waals surface area contributed by atoms with Crippen LogP contribution in [0.4, 0.5) is 10.5 Å². The number of nitrogens with zero attached hydrogens (tertiary/aromatic N) is 1. The Hall–Kier alpha value is -2.31. The van der Waals surface area contributed by atoms with E-state index < -0.39 is 24.0 Å². The molecule has 0 aliphatic carbocycles. The van der Waals surface area contributed by atoms with Gasteiger partial charge in [0.25, 0.3) is 0 Å². The molecule has 3 N–H and O–H groups in total. The molecule has 0 aromatic carbocycles. The van der Waals surface area contributed by atoms with E-state index >= 15 is 0 Å². The van der Waals surface area contributed by atoms with Crippen LogP contribution in [0.2, 0.25) is 0 Å². The van der Waals surface area contributed by atoms with E-state index in [0.29, 0.717) is 11.6 Å². The molecule has 0 spiro atoms. The molecule has 7 heteroatoms. The fraction of sp³-hybridized carbons (Fsp3) is 0.417. The third-order valence-electron chi connectivity index (χ3n) is 2.70. The number of aromatic nitrogens is 1. The Kier molecular flexibility index (Phi) is 5.11. The molecular weight excluding hydrogens is 250 g/mol. The zero-order valence-electron chi connectivity index (χ0n) is 11.0. The van der Waals surface area contributed by atoms with Gasteiger partial charge in [-0.05, 0) is 19.9 Å². The highest BCUT2D eigenvalue weighted by Gasteiger charge is 2.20. The molecule has 2 atom stereocenters. The number of pyridine rings is 1. The van der Waals surface area contributed by atoms with Gasteiger partial charge in [-0.15, -0.1) is 0 Å². The number of carbonyl (C=O) groups excluding carboxylic acids is 1. The number of nitrogens with one attached hydrogen (secondary N) is 2. The third kappa shape index (κ3) is 4.46. The van der Waals surface area contributed by atoms with E-state index in [-0.39, 0.29) is 0 Å². The van der Waals surface area contributed by atoms with E-state index in [2.05, 4.69) is 15.6 Å². The molecule has 0 radical (unpaired) electrons. The van der Waals surface area contributed by atoms with Crippen molar-refractivity contribution in [2.45, 2.75) is 19.9 Å². The van der Waals surface area contributed by atoms with E-state index in [1.54, 1.807) is 19.1 Å². The molecule has 0 fully saturated rings. The molecule has 2 unspecified atom stereocenters. The fourth-order valence-electron chi connectivity index (χ4n) is 1.29. The van der Waals surface area contributed by atoms with Crippen molar-refractivity contribution in [3.63, 3.8) is 0 Å². The summed E-state index contributed by atoms with van der Waals surface area (Å²) in [6.07, 6.45) is 1.45. The number of anilines is 1. The van der Waals surface area contributed by atoms with Crippen molar-refractivity contribution in [2.24, 2.45) is 5.92 Å². The summed E-state index contributed by atoms with van der Waals surface area (Å²) in [6, 6.07) is 2.28. The van der Waals surface area contributed by atoms with Gasteiger partial charge in [0.2, 0.25) is 5.88 Å². The Morgan fingerprint density at radius 3 is 2.53 bits per heavy atom. The number of carboxylic acids is 1. The molecule has 0 aliphatic heterocycles. The lowest BCUT2D eigenvalue weighted by Crippen LogP contribution is -2.42. The maximum atomic E-state index is 11.6. The van der Waals surface area contributed by atoms with Crippen LogP contribution in [0.5, 0.6) is 5.88 Å². The van der Waals surface area contributed by atoms with E-state index in [4.69, 9.17) is 9.84 Å². The number of methoxy groups -OCH3 is 1. The topological polar surface area (TPSA) is 101 Å². The molecule has 19 heavy (non-hydrogen) atoms. The Morgan fingerprint density at radius 1 is 1.37 bits per heavy atom. The Labute approximate surface area is 111 Å². The smallest absolute Gasteiger partial charge is 0.319 e. The normalized spacial score (nSPS) is 13.2. The van der Waals surface area contributed by atoms with Crippen LogP contribution in [0.3, 0.4) is 0 Å². The molecule has 0 aliphatic rings. The lowest BCUT2D eigenvalue weighted by atomic mass is 10.0. The second-order valence-corrected chi connectivity index (χ2v) is 4.10. The monoisotopic (exact) mass is 267 g/mol. The first-order valence-corrected chi connectivity index (χ1v) is 5.74. The van der Waals surface area contributed by atoms with Crippen LogP contribution in [-0.4, -0.2) is 35.2 Å². The van der Waals surface area contributed by atoms with Crippen molar-refractivity contribution >= 4 is 17.7 Å². The first kappa shape index (κ1) is 14.7. The van der Waals surface area contributed by atoms with Gasteiger partial charge in [-0.3, -0.25) is 4.79 Å². The Bertz CT molecular complexity index is 447. The summed E-state index contributed by atoms with van der Waals surface area (Å²) in [5.41, 5.74) is 0.494. The molecule has 1 aromatic rings. The number of urea groups is 1. The molecule has 7 nitrogen and oxygen atoms in total. The average Bonchev–Trinajstić information content (AvgIpc) is 2.38. The van der Waals surface area contributed by atoms with Gasteiger partial charge in [-0.2, -0.15) is 0 Å². The van der Waals surface area contributed by atoms with Crippen molar-refractivity contribution in [2.75, 3.05) is 12.4 Å². The van der Waals surface area contributed by atoms with Crippen LogP contribution in [0.1, 0.15) is 13.8 Å². The van der Waals surface area contributed by atoms with Gasteiger partial charge in [-0.1, -0.05) is 0 Å². The molecule has 104 valence electrons. The van der Waals surface area contributed by atoms with Crippen LogP contribution in [0.15, 0.2) is 18.3 Å². The average molecular weight is 267 g/mol. The lowest BCUT2D eigenvalue weighted by Gasteiger charge is -2.18. The number of ether oxygens (including phenoxy) is 1. The van der Waals surface area contributed by atoms with Crippen LogP contribution in [-0.2, 0) is 4.79 Å². The SMILES string of the molecule is COc1ccc(NC(=O)NC(C)C(C)C(=O)O)cn1. The molecule has 1 rings (SSSR count). The Balaban J connectivity index is 2.52. The van der Waals surface area contributed by atoms with Crippen molar-refractivity contribution in [3.8, 4) is 5.88 Å². The van der Waals surface area contributed by atoms with Crippen molar-refractivity contribution in [1.29, 1.82) is 0 Å². The number of rotatable bonds is 5. The number of hydrogen-bond acceptors (Lipinski definition) is 4. The summed E-state index contributed by atoms with van der Waals surface area (Å²) in [6.45, 7) is 3.16. The minimum atomic E-state index is -0.959. The largest absolute Gasteiger partial charge is 0.481 e. The maximum Gasteiger partial charge on any atom is 0.319 e. The molecule has 1 aromatic heterocycles. The third-order valence-corrected chi connectivity index (χ3v) is 2.70. The molecule has 2 amide bonds. The predicted molar refractivity (Wildman–Crippen MR) is 69.2 cm³/mol. The van der Waals surface area contributed by atoms with Gasteiger partial charge < -0.3 is 20.5 Å². The number of carboxylic acid groups (broad SMARTS) is 1. The minimum absolute atomic E-state index is 0.443. The lowest BCUT2D eigenvalue weighted by molar-refractivity contribution is -0.141. The first-order chi connectivity index (χ1) is 8.93. The highest BCUT2D eigenvalue weighted by atomic mass is 16.5. The summed E-state index contributed by atoms with van der Waals surface area (Å²) < 4.78 is 4.89. The first-order valence-electron chi connectivity index (χ1n) is 5.74. The van der Waals surface area contributed by atoms with Crippen LogP contribution in [0, 0.1) is 5.92 Å². The summed E-state index contributed by atoms with van der Waals surface area (Å²) in [7, 11) is 1.50. The minimum Gasteiger partial charge on any atom is -0.481 e. The highest BCUT2D eigenvalue weighted by molar-refractivity contribution is 5.89. The molecule has 0 bridgehead atoms. The number of hydrogen-bond donors (Lipinski definition) is 3. The zero-order chi connectivity index (χ0) is 14.4. The van der Waals surface area contributed by atoms with Crippen LogP contribution >= 0.6 is 0 Å². The molecule has 0 saturated carbocycles. The van der Waals surface area contributed by atoms with Gasteiger partial charge in [0.1, 0.15) is 0 Å². The standard InChI is InChI=1S/C12H17N3O4/c1-7(11(16)17)8(2)14-12(18)15-9-4-5-10(19-3)13-6-9/h4-8H,1-3H3,(H,16,17)(H2,14,15,18). The van der Waals surface area contributed by atoms with Gasteiger partial charge in [-0.25, -0.2) is 9.78 Å². The zero-order valence-corrected chi connectivity index (χ0v) is 11.0. The van der Waals surface area contributed by atoms with Crippen molar-refractivity contribution in [3.05, 3.63) is 18.3 Å². The molecular formula is C12H17N3O4. The quantitative estimate of drug-likeness (QED) is 0.747. The predicted octanol–water partition coefficient (Wildman–Crippen LogP) is 1.32. The van der Waals surface area contributed by atoms with Crippen molar-refractivity contribution in [1.82, 2.24) is 10.3 Å². The maximum absolute atomic E-state index is 11.6. The Morgan fingerprint density at radius 2 is 2.05 bits per heavy atom. The van der Waals surface area contributed by atoms with Crippen LogP contribution < -0.4 is 15.4 Å². The summed E-state index contributed by atoms with van der Waals surface area (Å²) >= 11 is 0. The van der Waals surface area contributed by atoms with E-state index in [9.17, 15) is 9.59 Å². The van der Waals surface area contributed by atoms with Gasteiger partial charge in [0.05, 0.1) is 24.9 Å². The highest BCUT2D eigenvalue weighted by Crippen LogP contribution is 2.11. The summed E-state index contributed by atoms with van der Waals surface area (Å²) in [5.74, 6) is -1.18. The van der Waals surface area contributed by atoms with E-state index in [1.807, 2.05) is 0 Å². The summed E-state index contributed by atoms with van der Waals surface area (Å²) in [4.78, 5) is 26.3. The fourth-order valence-corrected chi connectivity index (χ4v) is 1.29. The number of carbonyl (C=O) groups is 2. The van der Waals surface area contributed by atoms with Gasteiger partial charge in [0.15, 0.2) is 0 Å². The van der Waals surface area contributed by atoms with E-state index in [1.165, 1.54) is 20.2 Å². The van der Waals surface area contributed by atoms with Crippen LogP contribution in [0.25, 0.3) is 0 Å². The van der Waals surface area contributed by atoms with Gasteiger partial charge in [0, 0.05) is 12.1 Å². The second kappa shape index (κ2) is 6.58. The van der Waals surface area contributed by atoms with Gasteiger partial charge >= 0.3 is 12.0 Å². The second-order valence-electron chi connectivity index (χ2n) is 4.10. The number of amides is 2. The van der Waals surface area contributed by atoms with E-state index in [0.717, 1.165) is 0 Å². The molecule has 1 heterocycles. The number of aliphatic carboxylic acids is 1. The molecule has 0 saturated heterocycles. The van der Waals surface area contributed by atoms with Crippen molar-refractivity contribution < 1.29 is 19.4 Å².